The van der Waals surface area contributed by atoms with Crippen molar-refractivity contribution < 1.29 is 32.2 Å². The fourth-order valence-electron chi connectivity index (χ4n) is 3.16. The lowest BCUT2D eigenvalue weighted by Crippen LogP contribution is -2.33. The maximum Gasteiger partial charge on any atom is 0.573 e. The Morgan fingerprint density at radius 3 is 2.45 bits per heavy atom. The maximum atomic E-state index is 12.3. The van der Waals surface area contributed by atoms with Gasteiger partial charge in [0.1, 0.15) is 11.9 Å². The molecule has 5 N–H and O–H groups in total. The molecular formula is C18H23ClF3N3O4. The number of hydrogen-bond donors (Lipinski definition) is 3. The van der Waals surface area contributed by atoms with E-state index in [0.717, 1.165) is 5.56 Å². The van der Waals surface area contributed by atoms with E-state index in [1.165, 1.54) is 12.1 Å². The van der Waals surface area contributed by atoms with Gasteiger partial charge in [0.25, 0.3) is 0 Å². The second kappa shape index (κ2) is 9.93. The van der Waals surface area contributed by atoms with E-state index in [9.17, 15) is 18.0 Å². The molecule has 7 nitrogen and oxygen atoms in total. The lowest BCUT2D eigenvalue weighted by atomic mass is 9.83. The van der Waals surface area contributed by atoms with Crippen molar-refractivity contribution in [1.29, 1.82) is 0 Å². The van der Waals surface area contributed by atoms with Gasteiger partial charge in [-0.1, -0.05) is 17.7 Å². The summed E-state index contributed by atoms with van der Waals surface area (Å²) in [5, 5.41) is -0.0986. The molecule has 0 spiro atoms. The Hall–Kier alpha value is -2.33. The number of hydrazine groups is 1. The first-order chi connectivity index (χ1) is 13.6. The van der Waals surface area contributed by atoms with Gasteiger partial charge < -0.3 is 25.4 Å². The fraction of sp³-hybridized carbons (Fsp3) is 0.500. The van der Waals surface area contributed by atoms with Gasteiger partial charge in [0.15, 0.2) is 5.70 Å². The minimum absolute atomic E-state index is 0.0986. The minimum atomic E-state index is -4.80. The second-order valence-electron chi connectivity index (χ2n) is 6.43. The lowest BCUT2D eigenvalue weighted by Gasteiger charge is -2.29. The Kier molecular flexibility index (Phi) is 7.86. The molecule has 162 valence electrons. The van der Waals surface area contributed by atoms with Crippen molar-refractivity contribution in [3.63, 3.8) is 0 Å². The van der Waals surface area contributed by atoms with Gasteiger partial charge >= 0.3 is 12.3 Å². The van der Waals surface area contributed by atoms with Crippen LogP contribution in [0, 0.1) is 0 Å². The van der Waals surface area contributed by atoms with Gasteiger partial charge in [-0.3, -0.25) is 5.84 Å². The van der Waals surface area contributed by atoms with E-state index in [1.54, 1.807) is 13.0 Å². The molecule has 1 saturated carbocycles. The number of rotatable bonds is 7. The van der Waals surface area contributed by atoms with Crippen molar-refractivity contribution in [3.8, 4) is 5.75 Å². The molecule has 0 heterocycles. The highest BCUT2D eigenvalue weighted by molar-refractivity contribution is 6.32. The molecule has 0 radical (unpaired) electrons. The van der Waals surface area contributed by atoms with Crippen LogP contribution < -0.4 is 21.7 Å². The fourth-order valence-corrected chi connectivity index (χ4v) is 3.39. The van der Waals surface area contributed by atoms with Crippen LogP contribution in [0.5, 0.6) is 5.75 Å². The summed E-state index contributed by atoms with van der Waals surface area (Å²) in [6.45, 7) is 1.82. The molecule has 1 aliphatic carbocycles. The van der Waals surface area contributed by atoms with E-state index in [-0.39, 0.29) is 35.2 Å². The zero-order valence-electron chi connectivity index (χ0n) is 15.7. The van der Waals surface area contributed by atoms with Crippen LogP contribution in [0.15, 0.2) is 29.8 Å². The van der Waals surface area contributed by atoms with E-state index >= 15 is 0 Å². The third-order valence-electron chi connectivity index (χ3n) is 4.49. The molecule has 0 atom stereocenters. The van der Waals surface area contributed by atoms with Crippen LogP contribution in [0.4, 0.5) is 13.2 Å². The molecule has 0 aliphatic heterocycles. The second-order valence-corrected chi connectivity index (χ2v) is 6.84. The van der Waals surface area contributed by atoms with Gasteiger partial charge in [-0.25, -0.2) is 4.79 Å². The number of benzene rings is 1. The van der Waals surface area contributed by atoms with Gasteiger partial charge in [0.2, 0.25) is 5.88 Å². The summed E-state index contributed by atoms with van der Waals surface area (Å²) in [6, 6.07) is 4.28. The first-order valence-electron chi connectivity index (χ1n) is 9.00. The SMILES string of the molecule is CCOC(=O)/C(NN)=C(/N)OC1CCC(c2ccc(OC(F)(F)F)c(Cl)c2)CC1. The number of esters is 1. The minimum Gasteiger partial charge on any atom is -0.474 e. The average Bonchev–Trinajstić information content (AvgIpc) is 2.64. The summed E-state index contributed by atoms with van der Waals surface area (Å²) < 4.78 is 51.4. The molecule has 0 aromatic heterocycles. The number of carbonyl (C=O) groups excluding carboxylic acids is 1. The summed E-state index contributed by atoms with van der Waals surface area (Å²) in [7, 11) is 0. The summed E-state index contributed by atoms with van der Waals surface area (Å²) in [4.78, 5) is 11.8. The summed E-state index contributed by atoms with van der Waals surface area (Å²) in [6.07, 6.45) is -2.35. The van der Waals surface area contributed by atoms with Crippen LogP contribution in [0.2, 0.25) is 5.02 Å². The highest BCUT2D eigenvalue weighted by Gasteiger charge is 2.32. The van der Waals surface area contributed by atoms with Gasteiger partial charge in [-0.15, -0.1) is 13.2 Å². The maximum absolute atomic E-state index is 12.3. The van der Waals surface area contributed by atoms with Gasteiger partial charge in [0.05, 0.1) is 11.6 Å². The molecule has 0 saturated heterocycles. The van der Waals surface area contributed by atoms with Crippen molar-refractivity contribution in [2.24, 2.45) is 11.6 Å². The van der Waals surface area contributed by atoms with E-state index in [0.29, 0.717) is 25.7 Å². The largest absolute Gasteiger partial charge is 0.573 e. The third kappa shape index (κ3) is 6.60. The molecule has 0 amide bonds. The van der Waals surface area contributed by atoms with E-state index in [4.69, 9.17) is 32.7 Å². The number of ether oxygens (including phenoxy) is 3. The highest BCUT2D eigenvalue weighted by Crippen LogP contribution is 2.38. The van der Waals surface area contributed by atoms with Crippen molar-refractivity contribution in [2.75, 3.05) is 6.61 Å². The number of carbonyl (C=O) groups is 1. The first kappa shape index (κ1) is 23.0. The molecule has 11 heteroatoms. The van der Waals surface area contributed by atoms with Crippen LogP contribution in [0.25, 0.3) is 0 Å². The summed E-state index contributed by atoms with van der Waals surface area (Å²) in [5.74, 6) is 4.13. The van der Waals surface area contributed by atoms with Crippen molar-refractivity contribution in [2.45, 2.75) is 51.0 Å². The zero-order chi connectivity index (χ0) is 21.6. The molecule has 2 rings (SSSR count). The number of halogens is 4. The number of hydrogen-bond acceptors (Lipinski definition) is 7. The van der Waals surface area contributed by atoms with E-state index < -0.39 is 18.1 Å². The van der Waals surface area contributed by atoms with Crippen LogP contribution in [0.3, 0.4) is 0 Å². The normalized spacial score (nSPS) is 20.5. The Morgan fingerprint density at radius 2 is 1.93 bits per heavy atom. The van der Waals surface area contributed by atoms with Gasteiger partial charge in [-0.2, -0.15) is 0 Å². The van der Waals surface area contributed by atoms with Crippen LogP contribution in [0.1, 0.15) is 44.1 Å². The quantitative estimate of drug-likeness (QED) is 0.197. The Balaban J connectivity index is 1.97. The smallest absolute Gasteiger partial charge is 0.474 e. The molecular weight excluding hydrogens is 415 g/mol. The molecule has 1 aromatic carbocycles. The Bertz CT molecular complexity index is 750. The van der Waals surface area contributed by atoms with Crippen LogP contribution in [-0.4, -0.2) is 25.0 Å². The topological polar surface area (TPSA) is 109 Å². The van der Waals surface area contributed by atoms with E-state index in [2.05, 4.69) is 10.2 Å². The Morgan fingerprint density at radius 1 is 1.28 bits per heavy atom. The highest BCUT2D eigenvalue weighted by atomic mass is 35.5. The molecule has 1 aliphatic rings. The van der Waals surface area contributed by atoms with Crippen molar-refractivity contribution in [3.05, 3.63) is 40.4 Å². The molecule has 1 fully saturated rings. The standard InChI is InChI=1S/C18H23ClF3N3O4/c1-2-27-17(26)15(25-24)16(23)28-12-6-3-10(4-7-12)11-5-8-14(13(19)9-11)29-18(20,21)22/h5,8-10,12,25H,2-4,6-7,23-24H2,1H3/b16-15+. The third-order valence-corrected chi connectivity index (χ3v) is 4.79. The monoisotopic (exact) mass is 437 g/mol. The average molecular weight is 438 g/mol. The molecule has 29 heavy (non-hydrogen) atoms. The summed E-state index contributed by atoms with van der Waals surface area (Å²) in [5.41, 5.74) is 8.67. The van der Waals surface area contributed by atoms with Crippen molar-refractivity contribution >= 4 is 17.6 Å². The van der Waals surface area contributed by atoms with Crippen LogP contribution >= 0.6 is 11.6 Å². The lowest BCUT2D eigenvalue weighted by molar-refractivity contribution is -0.274. The number of nitrogens with one attached hydrogen (secondary N) is 1. The molecule has 0 bridgehead atoms. The first-order valence-corrected chi connectivity index (χ1v) is 9.37. The molecule has 0 unspecified atom stereocenters. The van der Waals surface area contributed by atoms with Crippen LogP contribution in [-0.2, 0) is 14.3 Å². The predicted molar refractivity (Wildman–Crippen MR) is 99.4 cm³/mol. The van der Waals surface area contributed by atoms with Gasteiger partial charge in [-0.05, 0) is 56.2 Å². The van der Waals surface area contributed by atoms with Crippen molar-refractivity contribution in [1.82, 2.24) is 5.43 Å². The number of nitrogens with two attached hydrogens (primary N) is 2. The Labute approximate surface area is 171 Å². The number of alkyl halides is 3. The van der Waals surface area contributed by atoms with Gasteiger partial charge in [0, 0.05) is 0 Å². The molecule has 1 aromatic rings. The summed E-state index contributed by atoms with van der Waals surface area (Å²) >= 11 is 5.92. The predicted octanol–water partition coefficient (Wildman–Crippen LogP) is 3.44. The van der Waals surface area contributed by atoms with E-state index in [1.807, 2.05) is 0 Å². The zero-order valence-corrected chi connectivity index (χ0v) is 16.5.